The van der Waals surface area contributed by atoms with E-state index in [0.717, 1.165) is 38.9 Å². The molecule has 5 nitrogen and oxygen atoms in total. The van der Waals surface area contributed by atoms with E-state index in [1.807, 2.05) is 6.92 Å². The van der Waals surface area contributed by atoms with Crippen LogP contribution in [0.15, 0.2) is 10.9 Å². The Morgan fingerprint density at radius 1 is 1.40 bits per heavy atom. The minimum atomic E-state index is -0.132. The van der Waals surface area contributed by atoms with E-state index in [9.17, 15) is 4.79 Å². The van der Waals surface area contributed by atoms with Gasteiger partial charge in [-0.3, -0.25) is 9.36 Å². The maximum Gasteiger partial charge on any atom is 0.255 e. The predicted molar refractivity (Wildman–Crippen MR) is 75.3 cm³/mol. The zero-order valence-electron chi connectivity index (χ0n) is 11.6. The molecule has 0 bridgehead atoms. The van der Waals surface area contributed by atoms with Crippen LogP contribution in [0.1, 0.15) is 37.5 Å². The van der Waals surface area contributed by atoms with Crippen LogP contribution in [0.5, 0.6) is 0 Å². The zero-order valence-corrected chi connectivity index (χ0v) is 12.4. The van der Waals surface area contributed by atoms with E-state index in [4.69, 9.17) is 21.1 Å². The Balaban J connectivity index is 1.89. The molecule has 6 heteroatoms. The van der Waals surface area contributed by atoms with E-state index in [-0.39, 0.29) is 22.4 Å². The van der Waals surface area contributed by atoms with Gasteiger partial charge in [-0.1, -0.05) is 11.6 Å². The van der Waals surface area contributed by atoms with Crippen molar-refractivity contribution in [2.24, 2.45) is 0 Å². The summed E-state index contributed by atoms with van der Waals surface area (Å²) in [6.45, 7) is 3.98. The Labute approximate surface area is 122 Å². The molecule has 0 radical (unpaired) electrons. The standard InChI is InChI=1S/C14H19ClN2O3/c1-10-16-12(15)8-13(18)17(10)11-2-5-20-14(9-11)3-6-19-7-4-14/h8,11H,2-7,9H2,1H3. The molecule has 2 fully saturated rings. The SMILES string of the molecule is Cc1nc(Cl)cc(=O)n1C1CCOC2(CCOCC2)C1. The molecule has 2 saturated heterocycles. The van der Waals surface area contributed by atoms with Crippen molar-refractivity contribution < 1.29 is 9.47 Å². The second kappa shape index (κ2) is 5.47. The third-order valence-electron chi connectivity index (χ3n) is 4.33. The molecule has 0 aliphatic carbocycles. The number of halogens is 1. The molecule has 1 unspecified atom stereocenters. The third-order valence-corrected chi connectivity index (χ3v) is 4.53. The lowest BCUT2D eigenvalue weighted by atomic mass is 9.84. The first-order valence-corrected chi connectivity index (χ1v) is 7.45. The van der Waals surface area contributed by atoms with E-state index >= 15 is 0 Å². The van der Waals surface area contributed by atoms with E-state index in [0.29, 0.717) is 12.4 Å². The second-order valence-electron chi connectivity index (χ2n) is 5.62. The molecule has 110 valence electrons. The Bertz CT molecular complexity index is 546. The van der Waals surface area contributed by atoms with Gasteiger partial charge in [-0.15, -0.1) is 0 Å². The number of aryl methyl sites for hydroxylation is 1. The van der Waals surface area contributed by atoms with Gasteiger partial charge < -0.3 is 9.47 Å². The van der Waals surface area contributed by atoms with Crippen molar-refractivity contribution in [2.45, 2.75) is 44.2 Å². The fourth-order valence-electron chi connectivity index (χ4n) is 3.33. The van der Waals surface area contributed by atoms with Crippen LogP contribution >= 0.6 is 11.6 Å². The van der Waals surface area contributed by atoms with Crippen molar-refractivity contribution in [3.63, 3.8) is 0 Å². The van der Waals surface area contributed by atoms with Gasteiger partial charge >= 0.3 is 0 Å². The molecule has 1 aromatic heterocycles. The minimum absolute atomic E-state index is 0.0726. The maximum atomic E-state index is 12.2. The molecule has 0 aromatic carbocycles. The largest absolute Gasteiger partial charge is 0.381 e. The number of ether oxygens (including phenoxy) is 2. The number of hydrogen-bond donors (Lipinski definition) is 0. The van der Waals surface area contributed by atoms with E-state index in [1.165, 1.54) is 6.07 Å². The average Bonchev–Trinajstić information content (AvgIpc) is 2.38. The fraction of sp³-hybridized carbons (Fsp3) is 0.714. The lowest BCUT2D eigenvalue weighted by Crippen LogP contribution is -2.46. The molecule has 0 saturated carbocycles. The van der Waals surface area contributed by atoms with Gasteiger partial charge in [0, 0.05) is 31.9 Å². The highest BCUT2D eigenvalue weighted by Gasteiger charge is 2.40. The van der Waals surface area contributed by atoms with Crippen molar-refractivity contribution in [3.05, 3.63) is 27.4 Å². The normalized spacial score (nSPS) is 25.8. The van der Waals surface area contributed by atoms with Gasteiger partial charge in [0.2, 0.25) is 0 Å². The zero-order chi connectivity index (χ0) is 14.2. The van der Waals surface area contributed by atoms with Gasteiger partial charge in [0.05, 0.1) is 5.60 Å². The van der Waals surface area contributed by atoms with Crippen molar-refractivity contribution in [1.82, 2.24) is 9.55 Å². The Morgan fingerprint density at radius 3 is 2.85 bits per heavy atom. The first kappa shape index (κ1) is 14.0. The fourth-order valence-corrected chi connectivity index (χ4v) is 3.55. The molecule has 1 aromatic rings. The van der Waals surface area contributed by atoms with E-state index in [1.54, 1.807) is 4.57 Å². The number of rotatable bonds is 1. The van der Waals surface area contributed by atoms with E-state index < -0.39 is 0 Å². The third kappa shape index (κ3) is 2.62. The van der Waals surface area contributed by atoms with Crippen LogP contribution in [0.3, 0.4) is 0 Å². The van der Waals surface area contributed by atoms with E-state index in [2.05, 4.69) is 4.98 Å². The smallest absolute Gasteiger partial charge is 0.255 e. The highest BCUT2D eigenvalue weighted by Crippen LogP contribution is 2.38. The van der Waals surface area contributed by atoms with Gasteiger partial charge in [-0.25, -0.2) is 4.98 Å². The maximum absolute atomic E-state index is 12.2. The van der Waals surface area contributed by atoms with Crippen molar-refractivity contribution in [1.29, 1.82) is 0 Å². The molecule has 0 N–H and O–H groups in total. The lowest BCUT2D eigenvalue weighted by molar-refractivity contribution is -0.144. The van der Waals surface area contributed by atoms with Gasteiger partial charge in [-0.05, 0) is 32.6 Å². The monoisotopic (exact) mass is 298 g/mol. The van der Waals surface area contributed by atoms with Crippen LogP contribution in [0.2, 0.25) is 5.15 Å². The quantitative estimate of drug-likeness (QED) is 0.745. The first-order valence-electron chi connectivity index (χ1n) is 7.07. The van der Waals surface area contributed by atoms with Crippen LogP contribution in [0.25, 0.3) is 0 Å². The molecule has 1 spiro atoms. The summed E-state index contributed by atoms with van der Waals surface area (Å²) in [5.41, 5.74) is -0.205. The van der Waals surface area contributed by atoms with Gasteiger partial charge in [0.1, 0.15) is 11.0 Å². The minimum Gasteiger partial charge on any atom is -0.381 e. The Kier molecular flexibility index (Phi) is 3.84. The van der Waals surface area contributed by atoms with Crippen molar-refractivity contribution in [3.8, 4) is 0 Å². The van der Waals surface area contributed by atoms with Crippen LogP contribution < -0.4 is 5.56 Å². The molecular formula is C14H19ClN2O3. The van der Waals surface area contributed by atoms with Gasteiger partial charge in [0.25, 0.3) is 5.56 Å². The van der Waals surface area contributed by atoms with Crippen LogP contribution in [0, 0.1) is 6.92 Å². The summed E-state index contributed by atoms with van der Waals surface area (Å²) >= 11 is 5.84. The average molecular weight is 299 g/mol. The highest BCUT2D eigenvalue weighted by molar-refractivity contribution is 6.29. The second-order valence-corrected chi connectivity index (χ2v) is 6.01. The Morgan fingerprint density at radius 2 is 2.15 bits per heavy atom. The molecule has 1 atom stereocenters. The number of hydrogen-bond acceptors (Lipinski definition) is 4. The molecule has 0 amide bonds. The molecule has 3 heterocycles. The summed E-state index contributed by atoms with van der Waals surface area (Å²) in [6, 6.07) is 1.53. The van der Waals surface area contributed by atoms with Crippen LogP contribution in [-0.2, 0) is 9.47 Å². The summed E-state index contributed by atoms with van der Waals surface area (Å²) in [5.74, 6) is 0.677. The molecule has 2 aliphatic rings. The molecule has 20 heavy (non-hydrogen) atoms. The van der Waals surface area contributed by atoms with Crippen molar-refractivity contribution >= 4 is 11.6 Å². The van der Waals surface area contributed by atoms with Crippen LogP contribution in [0.4, 0.5) is 0 Å². The number of aromatic nitrogens is 2. The summed E-state index contributed by atoms with van der Waals surface area (Å²) in [4.78, 5) is 16.4. The first-order chi connectivity index (χ1) is 9.60. The molecule has 2 aliphatic heterocycles. The van der Waals surface area contributed by atoms with Crippen molar-refractivity contribution in [2.75, 3.05) is 19.8 Å². The predicted octanol–water partition coefficient (Wildman–Crippen LogP) is 2.11. The lowest BCUT2D eigenvalue weighted by Gasteiger charge is -2.43. The van der Waals surface area contributed by atoms with Gasteiger partial charge in [-0.2, -0.15) is 0 Å². The Hall–Kier alpha value is -0.910. The van der Waals surface area contributed by atoms with Crippen LogP contribution in [-0.4, -0.2) is 35.0 Å². The number of nitrogens with zero attached hydrogens (tertiary/aromatic N) is 2. The molecular weight excluding hydrogens is 280 g/mol. The summed E-state index contributed by atoms with van der Waals surface area (Å²) in [7, 11) is 0. The summed E-state index contributed by atoms with van der Waals surface area (Å²) in [5, 5.41) is 0.261. The topological polar surface area (TPSA) is 53.4 Å². The summed E-state index contributed by atoms with van der Waals surface area (Å²) < 4.78 is 13.2. The van der Waals surface area contributed by atoms with Gasteiger partial charge in [0.15, 0.2) is 0 Å². The summed E-state index contributed by atoms with van der Waals surface area (Å²) in [6.07, 6.45) is 3.49. The molecule has 3 rings (SSSR count). The highest BCUT2D eigenvalue weighted by atomic mass is 35.5.